The van der Waals surface area contributed by atoms with Crippen LogP contribution in [0.15, 0.2) is 54.6 Å². The Balaban J connectivity index is 1.89. The average Bonchev–Trinajstić information content (AvgIpc) is 2.40. The Morgan fingerprint density at radius 2 is 1.50 bits per heavy atom. The second-order valence-electron chi connectivity index (χ2n) is 4.25. The molecule has 0 bridgehead atoms. The molecule has 0 aromatic heterocycles. The summed E-state index contributed by atoms with van der Waals surface area (Å²) in [4.78, 5) is 0. The van der Waals surface area contributed by atoms with E-state index in [4.69, 9.17) is 16.2 Å². The van der Waals surface area contributed by atoms with E-state index >= 15 is 0 Å². The molecule has 0 aliphatic heterocycles. The van der Waals surface area contributed by atoms with E-state index < -0.39 is 6.17 Å². The summed E-state index contributed by atoms with van der Waals surface area (Å²) in [5.41, 5.74) is 14.5. The molecule has 0 aliphatic rings. The van der Waals surface area contributed by atoms with Gasteiger partial charge in [0.2, 0.25) is 0 Å². The van der Waals surface area contributed by atoms with Gasteiger partial charge in [-0.1, -0.05) is 54.6 Å². The van der Waals surface area contributed by atoms with Gasteiger partial charge in [0.1, 0.15) is 0 Å². The molecule has 0 fully saturated rings. The Labute approximate surface area is 107 Å². The molecule has 0 saturated heterocycles. The van der Waals surface area contributed by atoms with E-state index in [1.165, 1.54) is 5.56 Å². The molecule has 2 aromatic carbocycles. The molecule has 2 rings (SSSR count). The van der Waals surface area contributed by atoms with Gasteiger partial charge in [0.15, 0.2) is 0 Å². The van der Waals surface area contributed by atoms with Crippen molar-refractivity contribution in [3.05, 3.63) is 71.3 Å². The van der Waals surface area contributed by atoms with Crippen LogP contribution in [0.1, 0.15) is 22.9 Å². The number of hydrogen-bond donors (Lipinski definition) is 2. The molecule has 0 amide bonds. The lowest BCUT2D eigenvalue weighted by Crippen LogP contribution is -2.20. The highest BCUT2D eigenvalue weighted by atomic mass is 16.5. The van der Waals surface area contributed by atoms with Gasteiger partial charge < -0.3 is 16.2 Å². The van der Waals surface area contributed by atoms with E-state index in [0.29, 0.717) is 13.2 Å². The Kier molecular flexibility index (Phi) is 4.47. The predicted octanol–water partition coefficient (Wildman–Crippen LogP) is 2.32. The minimum Gasteiger partial charge on any atom is -0.372 e. The lowest BCUT2D eigenvalue weighted by atomic mass is 10.1. The smallest absolute Gasteiger partial charge is 0.0784 e. The van der Waals surface area contributed by atoms with Gasteiger partial charge in [-0.2, -0.15) is 0 Å². The third kappa shape index (κ3) is 3.67. The highest BCUT2D eigenvalue weighted by molar-refractivity contribution is 5.24. The molecular weight excluding hydrogens is 224 g/mol. The number of rotatable bonds is 5. The lowest BCUT2D eigenvalue weighted by Gasteiger charge is -2.09. The fraction of sp³-hybridized carbons (Fsp3) is 0.200. The maximum absolute atomic E-state index is 5.66. The largest absolute Gasteiger partial charge is 0.372 e. The predicted molar refractivity (Wildman–Crippen MR) is 72.5 cm³/mol. The minimum atomic E-state index is -0.431. The molecule has 3 nitrogen and oxygen atoms in total. The van der Waals surface area contributed by atoms with Crippen molar-refractivity contribution in [2.24, 2.45) is 11.5 Å². The summed E-state index contributed by atoms with van der Waals surface area (Å²) in [5, 5.41) is 0. The van der Waals surface area contributed by atoms with Gasteiger partial charge in [0.05, 0.1) is 19.4 Å². The summed E-state index contributed by atoms with van der Waals surface area (Å²) in [6, 6.07) is 18.0. The molecular formula is C15H18N2O. The summed E-state index contributed by atoms with van der Waals surface area (Å²) in [7, 11) is 0. The Bertz CT molecular complexity index is 483. The van der Waals surface area contributed by atoms with Gasteiger partial charge in [-0.25, -0.2) is 0 Å². The van der Waals surface area contributed by atoms with Crippen molar-refractivity contribution in [2.45, 2.75) is 19.4 Å². The average molecular weight is 242 g/mol. The van der Waals surface area contributed by atoms with E-state index in [1.54, 1.807) is 0 Å². The van der Waals surface area contributed by atoms with Crippen LogP contribution >= 0.6 is 0 Å². The number of hydrogen-bond acceptors (Lipinski definition) is 3. The zero-order valence-corrected chi connectivity index (χ0v) is 10.3. The minimum absolute atomic E-state index is 0.431. The third-order valence-corrected chi connectivity index (χ3v) is 2.72. The molecule has 0 heterocycles. The van der Waals surface area contributed by atoms with Gasteiger partial charge in [-0.05, 0) is 16.7 Å². The Hall–Kier alpha value is -1.68. The van der Waals surface area contributed by atoms with Crippen molar-refractivity contribution >= 4 is 0 Å². The summed E-state index contributed by atoms with van der Waals surface area (Å²) in [6.07, 6.45) is -0.431. The Morgan fingerprint density at radius 3 is 2.22 bits per heavy atom. The zero-order chi connectivity index (χ0) is 12.8. The van der Waals surface area contributed by atoms with Crippen LogP contribution in [0.2, 0.25) is 0 Å². The lowest BCUT2D eigenvalue weighted by molar-refractivity contribution is 0.107. The normalized spacial score (nSPS) is 10.8. The van der Waals surface area contributed by atoms with Crippen LogP contribution in [0.25, 0.3) is 0 Å². The van der Waals surface area contributed by atoms with Crippen LogP contribution in [0.3, 0.4) is 0 Å². The van der Waals surface area contributed by atoms with Gasteiger partial charge >= 0.3 is 0 Å². The fourth-order valence-corrected chi connectivity index (χ4v) is 1.75. The zero-order valence-electron chi connectivity index (χ0n) is 10.3. The molecule has 0 unspecified atom stereocenters. The first kappa shape index (κ1) is 12.8. The maximum Gasteiger partial charge on any atom is 0.0784 e. The highest BCUT2D eigenvalue weighted by Gasteiger charge is 2.01. The van der Waals surface area contributed by atoms with Crippen LogP contribution in [0.4, 0.5) is 0 Å². The quantitative estimate of drug-likeness (QED) is 0.791. The van der Waals surface area contributed by atoms with Crippen molar-refractivity contribution in [1.82, 2.24) is 0 Å². The van der Waals surface area contributed by atoms with Gasteiger partial charge in [-0.15, -0.1) is 0 Å². The summed E-state index contributed by atoms with van der Waals surface area (Å²) < 4.78 is 5.66. The van der Waals surface area contributed by atoms with E-state index in [-0.39, 0.29) is 0 Å². The van der Waals surface area contributed by atoms with Crippen LogP contribution in [-0.2, 0) is 18.0 Å². The summed E-state index contributed by atoms with van der Waals surface area (Å²) in [5.74, 6) is 0. The SMILES string of the molecule is NC(N)c1cccc(COCc2ccccc2)c1. The van der Waals surface area contributed by atoms with Crippen molar-refractivity contribution < 1.29 is 4.74 Å². The highest BCUT2D eigenvalue weighted by Crippen LogP contribution is 2.11. The molecule has 4 N–H and O–H groups in total. The molecule has 0 spiro atoms. The fourth-order valence-electron chi connectivity index (χ4n) is 1.75. The first-order chi connectivity index (χ1) is 8.75. The van der Waals surface area contributed by atoms with Gasteiger partial charge in [0.25, 0.3) is 0 Å². The molecule has 0 saturated carbocycles. The molecule has 2 aromatic rings. The van der Waals surface area contributed by atoms with Crippen LogP contribution < -0.4 is 11.5 Å². The van der Waals surface area contributed by atoms with Crippen LogP contribution in [0, 0.1) is 0 Å². The summed E-state index contributed by atoms with van der Waals surface area (Å²) in [6.45, 7) is 1.18. The van der Waals surface area contributed by atoms with E-state index in [1.807, 2.05) is 54.6 Å². The molecule has 3 heteroatoms. The number of ether oxygens (including phenoxy) is 1. The van der Waals surface area contributed by atoms with Crippen molar-refractivity contribution in [2.75, 3.05) is 0 Å². The molecule has 18 heavy (non-hydrogen) atoms. The van der Waals surface area contributed by atoms with Crippen molar-refractivity contribution in [3.8, 4) is 0 Å². The maximum atomic E-state index is 5.66. The first-order valence-electron chi connectivity index (χ1n) is 5.97. The van der Waals surface area contributed by atoms with Gasteiger partial charge in [-0.3, -0.25) is 0 Å². The molecule has 94 valence electrons. The molecule has 0 aliphatic carbocycles. The van der Waals surface area contributed by atoms with Crippen molar-refractivity contribution in [3.63, 3.8) is 0 Å². The van der Waals surface area contributed by atoms with Crippen LogP contribution in [-0.4, -0.2) is 0 Å². The molecule has 0 radical (unpaired) electrons. The van der Waals surface area contributed by atoms with E-state index in [2.05, 4.69) is 0 Å². The monoisotopic (exact) mass is 242 g/mol. The number of nitrogens with two attached hydrogens (primary N) is 2. The second-order valence-corrected chi connectivity index (χ2v) is 4.25. The summed E-state index contributed by atoms with van der Waals surface area (Å²) >= 11 is 0. The second kappa shape index (κ2) is 6.31. The van der Waals surface area contributed by atoms with Crippen molar-refractivity contribution in [1.29, 1.82) is 0 Å². The number of benzene rings is 2. The standard InChI is InChI=1S/C15H18N2O/c16-15(17)14-8-4-7-13(9-14)11-18-10-12-5-2-1-3-6-12/h1-9,15H,10-11,16-17H2. The molecule has 0 atom stereocenters. The third-order valence-electron chi connectivity index (χ3n) is 2.72. The van der Waals surface area contributed by atoms with Gasteiger partial charge in [0, 0.05) is 0 Å². The van der Waals surface area contributed by atoms with Crippen LogP contribution in [0.5, 0.6) is 0 Å². The Morgan fingerprint density at radius 1 is 0.833 bits per heavy atom. The van der Waals surface area contributed by atoms with E-state index in [9.17, 15) is 0 Å². The first-order valence-corrected chi connectivity index (χ1v) is 5.97. The topological polar surface area (TPSA) is 61.3 Å². The van der Waals surface area contributed by atoms with E-state index in [0.717, 1.165) is 11.1 Å².